The highest BCUT2D eigenvalue weighted by molar-refractivity contribution is 6.04. The third kappa shape index (κ3) is 5.23. The van der Waals surface area contributed by atoms with Crippen LogP contribution in [0.3, 0.4) is 0 Å². The van der Waals surface area contributed by atoms with E-state index in [2.05, 4.69) is 10.3 Å². The number of nitrogens with zero attached hydrogens (tertiary/aromatic N) is 3. The van der Waals surface area contributed by atoms with E-state index in [1.807, 2.05) is 57.3 Å². The standard InChI is InChI=1S/C31H34FN5O3/c1-7-33-29(38)25-15-22-23(17-36(6)30(39)27(22)34-25)21-14-24-20(16-37(35-24)12-11-31(4,5)32)13-26(21)40-28-18(2)9-8-10-19(28)3/h8-10,13-17,34H,7,11-12H2,1-6H3,(H,33,38). The summed E-state index contributed by atoms with van der Waals surface area (Å²) in [7, 11) is 1.68. The van der Waals surface area contributed by atoms with Crippen LogP contribution in [0.5, 0.6) is 11.5 Å². The second kappa shape index (κ2) is 10.3. The zero-order valence-corrected chi connectivity index (χ0v) is 23.7. The fourth-order valence-corrected chi connectivity index (χ4v) is 4.89. The van der Waals surface area contributed by atoms with E-state index in [0.717, 1.165) is 22.3 Å². The summed E-state index contributed by atoms with van der Waals surface area (Å²) >= 11 is 0. The minimum atomic E-state index is -1.31. The monoisotopic (exact) mass is 543 g/mol. The highest BCUT2D eigenvalue weighted by atomic mass is 19.1. The highest BCUT2D eigenvalue weighted by Crippen LogP contribution is 2.41. The van der Waals surface area contributed by atoms with Crippen molar-refractivity contribution >= 4 is 27.7 Å². The third-order valence-electron chi connectivity index (χ3n) is 7.05. The molecule has 0 bridgehead atoms. The van der Waals surface area contributed by atoms with Crippen molar-refractivity contribution in [1.29, 1.82) is 0 Å². The molecule has 3 heterocycles. The lowest BCUT2D eigenvalue weighted by atomic mass is 10.0. The second-order valence-electron chi connectivity index (χ2n) is 10.9. The molecule has 0 aliphatic rings. The van der Waals surface area contributed by atoms with E-state index in [1.165, 1.54) is 4.57 Å². The Hall–Kier alpha value is -4.40. The first-order valence-corrected chi connectivity index (χ1v) is 13.4. The van der Waals surface area contributed by atoms with Gasteiger partial charge in [-0.2, -0.15) is 5.10 Å². The van der Waals surface area contributed by atoms with Crippen molar-refractivity contribution in [3.8, 4) is 22.6 Å². The summed E-state index contributed by atoms with van der Waals surface area (Å²) in [5, 5.41) is 8.95. The van der Waals surface area contributed by atoms with Crippen LogP contribution in [-0.4, -0.2) is 37.5 Å². The van der Waals surface area contributed by atoms with Crippen LogP contribution < -0.4 is 15.6 Å². The molecule has 0 aliphatic heterocycles. The van der Waals surface area contributed by atoms with Gasteiger partial charge in [0.15, 0.2) is 0 Å². The molecule has 0 spiro atoms. The van der Waals surface area contributed by atoms with E-state index < -0.39 is 5.67 Å². The average molecular weight is 544 g/mol. The lowest BCUT2D eigenvalue weighted by Crippen LogP contribution is -2.23. The molecule has 0 radical (unpaired) electrons. The smallest absolute Gasteiger partial charge is 0.274 e. The number of carbonyl (C=O) groups is 1. The molecule has 0 aliphatic carbocycles. The van der Waals surface area contributed by atoms with Gasteiger partial charge in [-0.3, -0.25) is 14.3 Å². The SMILES string of the molecule is CCNC(=O)c1cc2c(-c3cc4nn(CCC(C)(C)F)cc4cc3Oc3c(C)cccc3C)cn(C)c(=O)c2[nH]1. The predicted octanol–water partition coefficient (Wildman–Crippen LogP) is 6.18. The normalized spacial score (nSPS) is 11.9. The number of aryl methyl sites for hydroxylation is 4. The van der Waals surface area contributed by atoms with Crippen LogP contribution >= 0.6 is 0 Å². The zero-order valence-electron chi connectivity index (χ0n) is 23.7. The third-order valence-corrected chi connectivity index (χ3v) is 7.05. The lowest BCUT2D eigenvalue weighted by Gasteiger charge is -2.16. The number of halogens is 1. The molecule has 0 saturated heterocycles. The number of nitrogens with one attached hydrogen (secondary N) is 2. The van der Waals surface area contributed by atoms with Crippen LogP contribution in [0.4, 0.5) is 4.39 Å². The number of aromatic amines is 1. The van der Waals surface area contributed by atoms with Crippen molar-refractivity contribution in [3.63, 3.8) is 0 Å². The van der Waals surface area contributed by atoms with Crippen molar-refractivity contribution in [1.82, 2.24) is 24.6 Å². The van der Waals surface area contributed by atoms with Crippen LogP contribution in [0.25, 0.3) is 32.9 Å². The van der Waals surface area contributed by atoms with Crippen molar-refractivity contribution in [3.05, 3.63) is 76.0 Å². The Balaban J connectivity index is 1.74. The molecule has 2 aromatic carbocycles. The molecule has 208 valence electrons. The van der Waals surface area contributed by atoms with Gasteiger partial charge in [-0.25, -0.2) is 4.39 Å². The molecule has 5 aromatic rings. The summed E-state index contributed by atoms with van der Waals surface area (Å²) in [6.45, 7) is 9.83. The van der Waals surface area contributed by atoms with Gasteiger partial charge in [-0.05, 0) is 63.9 Å². The molecular formula is C31H34FN5O3. The van der Waals surface area contributed by atoms with E-state index >= 15 is 0 Å². The van der Waals surface area contributed by atoms with E-state index in [-0.39, 0.29) is 11.5 Å². The number of aromatic nitrogens is 4. The average Bonchev–Trinajstić information content (AvgIpc) is 3.51. The van der Waals surface area contributed by atoms with Crippen molar-refractivity contribution in [2.45, 2.75) is 53.3 Å². The van der Waals surface area contributed by atoms with E-state index in [0.29, 0.717) is 58.5 Å². The molecule has 1 amide bonds. The molecule has 0 saturated carbocycles. The summed E-state index contributed by atoms with van der Waals surface area (Å²) in [6.07, 6.45) is 3.97. The Kier molecular flexibility index (Phi) is 6.99. The van der Waals surface area contributed by atoms with Gasteiger partial charge in [0.2, 0.25) is 0 Å². The molecule has 3 aromatic heterocycles. The number of pyridine rings is 1. The number of hydrogen-bond donors (Lipinski definition) is 2. The van der Waals surface area contributed by atoms with E-state index in [4.69, 9.17) is 9.84 Å². The minimum absolute atomic E-state index is 0.245. The van der Waals surface area contributed by atoms with Crippen LogP contribution in [0, 0.1) is 13.8 Å². The largest absolute Gasteiger partial charge is 0.456 e. The number of carbonyl (C=O) groups excluding carboxylic acids is 1. The van der Waals surface area contributed by atoms with Gasteiger partial charge >= 0.3 is 0 Å². The molecule has 0 fully saturated rings. The Morgan fingerprint density at radius 3 is 2.52 bits per heavy atom. The van der Waals surface area contributed by atoms with E-state index in [9.17, 15) is 14.0 Å². The van der Waals surface area contributed by atoms with Crippen LogP contribution in [0.15, 0.2) is 53.6 Å². The highest BCUT2D eigenvalue weighted by Gasteiger charge is 2.21. The fraction of sp³-hybridized carbons (Fsp3) is 0.323. The maximum absolute atomic E-state index is 14.2. The number of ether oxygens (including phenoxy) is 1. The molecule has 9 heteroatoms. The number of H-pyrrole nitrogens is 1. The summed E-state index contributed by atoms with van der Waals surface area (Å²) < 4.78 is 24.0. The summed E-state index contributed by atoms with van der Waals surface area (Å²) in [4.78, 5) is 28.7. The Morgan fingerprint density at radius 2 is 1.85 bits per heavy atom. The van der Waals surface area contributed by atoms with E-state index in [1.54, 1.807) is 37.8 Å². The molecule has 40 heavy (non-hydrogen) atoms. The molecule has 5 rings (SSSR count). The number of alkyl halides is 1. The van der Waals surface area contributed by atoms with Gasteiger partial charge in [-0.15, -0.1) is 0 Å². The van der Waals surface area contributed by atoms with Gasteiger partial charge in [0.1, 0.15) is 28.4 Å². The number of hydrogen-bond acceptors (Lipinski definition) is 4. The van der Waals surface area contributed by atoms with Gasteiger partial charge < -0.3 is 19.6 Å². The first-order chi connectivity index (χ1) is 18.9. The number of benzene rings is 2. The first-order valence-electron chi connectivity index (χ1n) is 13.4. The van der Waals surface area contributed by atoms with Crippen LogP contribution in [-0.2, 0) is 13.6 Å². The first kappa shape index (κ1) is 27.2. The molecule has 8 nitrogen and oxygen atoms in total. The number of rotatable bonds is 8. The van der Waals surface area contributed by atoms with Crippen molar-refractivity contribution in [2.75, 3.05) is 6.54 Å². The Morgan fingerprint density at radius 1 is 1.12 bits per heavy atom. The Labute approximate surface area is 231 Å². The summed E-state index contributed by atoms with van der Waals surface area (Å²) in [5.41, 5.74) is 3.19. The fourth-order valence-electron chi connectivity index (χ4n) is 4.89. The summed E-state index contributed by atoms with van der Waals surface area (Å²) in [6, 6.07) is 11.5. The maximum Gasteiger partial charge on any atom is 0.274 e. The molecule has 0 atom stereocenters. The summed E-state index contributed by atoms with van der Waals surface area (Å²) in [5.74, 6) is 1.03. The molecule has 0 unspecified atom stereocenters. The quantitative estimate of drug-likeness (QED) is 0.244. The van der Waals surface area contributed by atoms with Crippen LogP contribution in [0.2, 0.25) is 0 Å². The lowest BCUT2D eigenvalue weighted by molar-refractivity contribution is 0.0951. The Bertz CT molecular complexity index is 1790. The van der Waals surface area contributed by atoms with Crippen molar-refractivity contribution in [2.24, 2.45) is 7.05 Å². The predicted molar refractivity (Wildman–Crippen MR) is 156 cm³/mol. The maximum atomic E-state index is 14.2. The topological polar surface area (TPSA) is 93.9 Å². The molecular weight excluding hydrogens is 509 g/mol. The number of fused-ring (bicyclic) bond motifs is 2. The second-order valence-corrected chi connectivity index (χ2v) is 10.9. The van der Waals surface area contributed by atoms with Gasteiger partial charge in [0.05, 0.1) is 5.52 Å². The number of amides is 1. The number of para-hydroxylation sites is 1. The van der Waals surface area contributed by atoms with Crippen LogP contribution in [0.1, 0.15) is 48.8 Å². The molecule has 2 N–H and O–H groups in total. The van der Waals surface area contributed by atoms with Gasteiger partial charge in [-0.1, -0.05) is 18.2 Å². The zero-order chi connectivity index (χ0) is 28.8. The van der Waals surface area contributed by atoms with Gasteiger partial charge in [0.25, 0.3) is 11.5 Å². The minimum Gasteiger partial charge on any atom is -0.456 e. The van der Waals surface area contributed by atoms with Gasteiger partial charge in [0, 0.05) is 60.9 Å². The van der Waals surface area contributed by atoms with Crippen molar-refractivity contribution < 1.29 is 13.9 Å².